The number of nitrogens with one attached hydrogen (secondary N) is 1. The minimum atomic E-state index is -0.488. The lowest BCUT2D eigenvalue weighted by atomic mass is 9.52. The lowest BCUT2D eigenvalue weighted by Crippen LogP contribution is -2.61. The number of hydrogen-bond acceptors (Lipinski definition) is 6. The number of aliphatic hydroxyl groups is 1. The van der Waals surface area contributed by atoms with Crippen LogP contribution in [-0.4, -0.2) is 58.9 Å². The summed E-state index contributed by atoms with van der Waals surface area (Å²) in [5.41, 5.74) is 1.09. The second kappa shape index (κ2) is 7.90. The summed E-state index contributed by atoms with van der Waals surface area (Å²) in [5, 5.41) is 23.6. The number of amides is 1. The third-order valence-corrected chi connectivity index (χ3v) is 8.32. The molecule has 2 atom stereocenters. The van der Waals surface area contributed by atoms with E-state index >= 15 is 0 Å². The van der Waals surface area contributed by atoms with E-state index in [4.69, 9.17) is 4.98 Å². The predicted molar refractivity (Wildman–Crippen MR) is 127 cm³/mol. The van der Waals surface area contributed by atoms with Crippen molar-refractivity contribution in [2.24, 2.45) is 17.8 Å². The van der Waals surface area contributed by atoms with Gasteiger partial charge in [0.05, 0.1) is 5.60 Å². The van der Waals surface area contributed by atoms with Crippen LogP contribution in [0.15, 0.2) is 42.5 Å². The first kappa shape index (κ1) is 20.8. The van der Waals surface area contributed by atoms with Crippen molar-refractivity contribution in [3.05, 3.63) is 48.2 Å². The SMILES string of the molecule is O=C(NC1C2CC3CC1CC(O)(C3)C2)c1cccc(N2CCN(c3ccc(O)cc3)CC2)n1. The summed E-state index contributed by atoms with van der Waals surface area (Å²) in [7, 11) is 0. The minimum absolute atomic E-state index is 0.0935. The lowest BCUT2D eigenvalue weighted by molar-refractivity contribution is -0.136. The highest BCUT2D eigenvalue weighted by molar-refractivity contribution is 5.93. The zero-order valence-electron chi connectivity index (χ0n) is 18.9. The summed E-state index contributed by atoms with van der Waals surface area (Å²) < 4.78 is 0. The summed E-state index contributed by atoms with van der Waals surface area (Å²) in [6.45, 7) is 3.37. The van der Waals surface area contributed by atoms with E-state index in [1.165, 1.54) is 0 Å². The molecule has 3 N–H and O–H groups in total. The van der Waals surface area contributed by atoms with Crippen LogP contribution < -0.4 is 15.1 Å². The second-order valence-electron chi connectivity index (χ2n) is 10.6. The number of hydrogen-bond donors (Lipinski definition) is 3. The molecule has 1 saturated heterocycles. The fraction of sp³-hybridized carbons (Fsp3) is 0.538. The minimum Gasteiger partial charge on any atom is -0.508 e. The van der Waals surface area contributed by atoms with E-state index in [1.54, 1.807) is 18.2 Å². The number of pyridine rings is 1. The van der Waals surface area contributed by atoms with Crippen LogP contribution in [0.1, 0.15) is 42.6 Å². The van der Waals surface area contributed by atoms with E-state index in [0.29, 0.717) is 23.4 Å². The molecule has 4 aliphatic carbocycles. The average molecular weight is 449 g/mol. The smallest absolute Gasteiger partial charge is 0.270 e. The third kappa shape index (κ3) is 3.92. The number of rotatable bonds is 4. The summed E-state index contributed by atoms with van der Waals surface area (Å²) in [5.74, 6) is 2.43. The van der Waals surface area contributed by atoms with E-state index in [1.807, 2.05) is 24.3 Å². The van der Waals surface area contributed by atoms with Gasteiger partial charge in [0.15, 0.2) is 0 Å². The fourth-order valence-electron chi connectivity index (χ4n) is 7.03. The molecule has 2 aromatic rings. The number of aromatic hydroxyl groups is 1. The topological polar surface area (TPSA) is 88.9 Å². The zero-order valence-corrected chi connectivity index (χ0v) is 18.9. The van der Waals surface area contributed by atoms with Crippen LogP contribution in [0.3, 0.4) is 0 Å². The molecule has 2 heterocycles. The molecule has 1 aliphatic heterocycles. The fourth-order valence-corrected chi connectivity index (χ4v) is 7.03. The largest absolute Gasteiger partial charge is 0.508 e. The summed E-state index contributed by atoms with van der Waals surface area (Å²) in [6.07, 6.45) is 4.85. The third-order valence-electron chi connectivity index (χ3n) is 8.32. The van der Waals surface area contributed by atoms with Gasteiger partial charge < -0.3 is 25.3 Å². The highest BCUT2D eigenvalue weighted by Crippen LogP contribution is 2.55. The number of aromatic nitrogens is 1. The lowest BCUT2D eigenvalue weighted by Gasteiger charge is -2.58. The quantitative estimate of drug-likeness (QED) is 0.667. The van der Waals surface area contributed by atoms with Crippen LogP contribution in [0.4, 0.5) is 11.5 Å². The van der Waals surface area contributed by atoms with Gasteiger partial charge in [0.25, 0.3) is 5.91 Å². The van der Waals surface area contributed by atoms with Gasteiger partial charge in [-0.2, -0.15) is 0 Å². The molecular weight excluding hydrogens is 416 g/mol. The Morgan fingerprint density at radius 1 is 0.939 bits per heavy atom. The Balaban J connectivity index is 1.10. The Labute approximate surface area is 194 Å². The second-order valence-corrected chi connectivity index (χ2v) is 10.6. The summed E-state index contributed by atoms with van der Waals surface area (Å²) in [6, 6.07) is 13.2. The van der Waals surface area contributed by atoms with Crippen molar-refractivity contribution in [2.75, 3.05) is 36.0 Å². The molecule has 0 spiro atoms. The monoisotopic (exact) mass is 448 g/mol. The van der Waals surface area contributed by atoms with Crippen molar-refractivity contribution in [3.63, 3.8) is 0 Å². The van der Waals surface area contributed by atoms with Crippen LogP contribution >= 0.6 is 0 Å². The van der Waals surface area contributed by atoms with Gasteiger partial charge in [-0.15, -0.1) is 0 Å². The Morgan fingerprint density at radius 2 is 1.61 bits per heavy atom. The van der Waals surface area contributed by atoms with Crippen molar-refractivity contribution in [3.8, 4) is 5.75 Å². The van der Waals surface area contributed by atoms with Crippen molar-refractivity contribution in [2.45, 2.75) is 43.7 Å². The zero-order chi connectivity index (χ0) is 22.6. The summed E-state index contributed by atoms with van der Waals surface area (Å²) in [4.78, 5) is 22.4. The number of nitrogens with zero attached hydrogens (tertiary/aromatic N) is 3. The molecule has 174 valence electrons. The predicted octanol–water partition coefficient (Wildman–Crippen LogP) is 2.78. The van der Waals surface area contributed by atoms with Gasteiger partial charge in [0.1, 0.15) is 17.3 Å². The van der Waals surface area contributed by atoms with Gasteiger partial charge in [-0.1, -0.05) is 6.07 Å². The maximum atomic E-state index is 13.1. The molecule has 1 aromatic carbocycles. The molecular formula is C26H32N4O3. The number of phenols is 1. The molecule has 5 aliphatic rings. The van der Waals surface area contributed by atoms with Crippen LogP contribution in [-0.2, 0) is 0 Å². The van der Waals surface area contributed by atoms with Crippen molar-refractivity contribution in [1.29, 1.82) is 0 Å². The number of anilines is 2. The Morgan fingerprint density at radius 3 is 2.27 bits per heavy atom. The normalized spacial score (nSPS) is 32.8. The average Bonchev–Trinajstić information content (AvgIpc) is 2.81. The molecule has 7 nitrogen and oxygen atoms in total. The molecule has 1 aromatic heterocycles. The number of piperazine rings is 1. The van der Waals surface area contributed by atoms with Gasteiger partial charge >= 0.3 is 0 Å². The van der Waals surface area contributed by atoms with Crippen molar-refractivity contribution >= 4 is 17.4 Å². The Hall–Kier alpha value is -2.80. The number of phenolic OH excluding ortho intramolecular Hbond substituents is 1. The maximum absolute atomic E-state index is 13.1. The highest BCUT2D eigenvalue weighted by Gasteiger charge is 2.55. The highest BCUT2D eigenvalue weighted by atomic mass is 16.3. The standard InChI is InChI=1S/C26H32N4O3/c31-21-6-4-20(5-7-21)29-8-10-30(11-9-29)23-3-1-2-22(27-23)25(32)28-24-18-12-17-13-19(24)16-26(33,14-17)15-18/h1-7,17-19,24,31,33H,8-16H2,(H,28,32). The summed E-state index contributed by atoms with van der Waals surface area (Å²) >= 11 is 0. The van der Waals surface area contributed by atoms with E-state index in [9.17, 15) is 15.0 Å². The Kier molecular flexibility index (Phi) is 4.98. The molecule has 4 bridgehead atoms. The van der Waals surface area contributed by atoms with Crippen LogP contribution in [0.25, 0.3) is 0 Å². The van der Waals surface area contributed by atoms with Crippen LogP contribution in [0.2, 0.25) is 0 Å². The molecule has 4 saturated carbocycles. The van der Waals surface area contributed by atoms with Crippen LogP contribution in [0, 0.1) is 17.8 Å². The van der Waals surface area contributed by atoms with E-state index < -0.39 is 5.60 Å². The van der Waals surface area contributed by atoms with Crippen molar-refractivity contribution < 1.29 is 15.0 Å². The molecule has 0 radical (unpaired) electrons. The molecule has 2 unspecified atom stereocenters. The van der Waals surface area contributed by atoms with Crippen LogP contribution in [0.5, 0.6) is 5.75 Å². The van der Waals surface area contributed by atoms with E-state index in [-0.39, 0.29) is 17.7 Å². The van der Waals surface area contributed by atoms with Gasteiger partial charge in [0, 0.05) is 37.9 Å². The first-order chi connectivity index (χ1) is 16.0. The molecule has 7 rings (SSSR count). The maximum Gasteiger partial charge on any atom is 0.270 e. The first-order valence-electron chi connectivity index (χ1n) is 12.2. The molecule has 33 heavy (non-hydrogen) atoms. The van der Waals surface area contributed by atoms with E-state index in [2.05, 4.69) is 15.1 Å². The van der Waals surface area contributed by atoms with Gasteiger partial charge in [-0.25, -0.2) is 4.98 Å². The van der Waals surface area contributed by atoms with Gasteiger partial charge in [0.2, 0.25) is 0 Å². The molecule has 5 fully saturated rings. The van der Waals surface area contributed by atoms with E-state index in [0.717, 1.165) is 69.8 Å². The first-order valence-corrected chi connectivity index (χ1v) is 12.2. The van der Waals surface area contributed by atoms with Gasteiger partial charge in [-0.3, -0.25) is 4.79 Å². The molecule has 1 amide bonds. The Bertz CT molecular complexity index is 1020. The number of carbonyl (C=O) groups excluding carboxylic acids is 1. The number of benzene rings is 1. The van der Waals surface area contributed by atoms with Gasteiger partial charge in [-0.05, 0) is 86.3 Å². The molecule has 7 heteroatoms. The number of carbonyl (C=O) groups is 1. The van der Waals surface area contributed by atoms with Crippen molar-refractivity contribution in [1.82, 2.24) is 10.3 Å².